The molecule has 1 aromatic heterocycles. The van der Waals surface area contributed by atoms with Crippen molar-refractivity contribution < 1.29 is 4.79 Å². The number of hydrogen-bond acceptors (Lipinski definition) is 5. The summed E-state index contributed by atoms with van der Waals surface area (Å²) in [7, 11) is 0. The minimum Gasteiger partial charge on any atom is -0.335 e. The Morgan fingerprint density at radius 1 is 1.11 bits per heavy atom. The number of hydrogen-bond donors (Lipinski definition) is 2. The lowest BCUT2D eigenvalue weighted by Gasteiger charge is -2.12. The van der Waals surface area contributed by atoms with Gasteiger partial charge in [-0.25, -0.2) is 4.68 Å². The van der Waals surface area contributed by atoms with Crippen molar-refractivity contribution in [3.63, 3.8) is 0 Å². The van der Waals surface area contributed by atoms with Crippen LogP contribution in [0.4, 0.5) is 5.69 Å². The van der Waals surface area contributed by atoms with Crippen LogP contribution in [0.3, 0.4) is 0 Å². The van der Waals surface area contributed by atoms with E-state index in [0.717, 1.165) is 34.4 Å². The second kappa shape index (κ2) is 8.26. The summed E-state index contributed by atoms with van der Waals surface area (Å²) < 4.78 is 1.44. The molecular formula is C20H23N5OS. The van der Waals surface area contributed by atoms with Crippen LogP contribution in [-0.4, -0.2) is 26.5 Å². The molecule has 3 rings (SSSR count). The number of aromatic nitrogens is 3. The third kappa shape index (κ3) is 4.14. The molecule has 2 aromatic carbocycles. The summed E-state index contributed by atoms with van der Waals surface area (Å²) in [6.07, 6.45) is 0.862. The van der Waals surface area contributed by atoms with Gasteiger partial charge in [-0.05, 0) is 37.0 Å². The van der Waals surface area contributed by atoms with Gasteiger partial charge < -0.3 is 11.2 Å². The molecule has 3 aromatic rings. The van der Waals surface area contributed by atoms with Crippen LogP contribution in [0.15, 0.2) is 47.6 Å². The Hall–Kier alpha value is -2.80. The van der Waals surface area contributed by atoms with Crippen molar-refractivity contribution in [3.8, 4) is 11.4 Å². The third-order valence-electron chi connectivity index (χ3n) is 4.39. The summed E-state index contributed by atoms with van der Waals surface area (Å²) in [5, 5.41) is 11.8. The first-order valence-electron chi connectivity index (χ1n) is 8.79. The number of aryl methyl sites for hydroxylation is 3. The highest BCUT2D eigenvalue weighted by atomic mass is 32.2. The number of carbonyl (C=O) groups is 1. The summed E-state index contributed by atoms with van der Waals surface area (Å²) in [5.74, 6) is 6.85. The molecule has 0 saturated heterocycles. The molecule has 0 unspecified atom stereocenters. The van der Waals surface area contributed by atoms with E-state index >= 15 is 0 Å². The van der Waals surface area contributed by atoms with E-state index < -0.39 is 0 Å². The first-order valence-corrected chi connectivity index (χ1v) is 9.77. The van der Waals surface area contributed by atoms with Crippen LogP contribution in [0.25, 0.3) is 11.4 Å². The Balaban J connectivity index is 1.70. The molecule has 0 spiro atoms. The number of carbonyl (C=O) groups excluding carboxylic acids is 1. The van der Waals surface area contributed by atoms with Gasteiger partial charge in [0.05, 0.1) is 5.75 Å². The standard InChI is InChI=1S/C20H23N5OS/c1-4-15-10-7-9-14(3)18(15)22-17(26)12-27-20-24-23-19(25(20)21)16-11-6-5-8-13(16)2/h5-11H,4,12,21H2,1-3H3,(H,22,26). The Morgan fingerprint density at radius 3 is 2.59 bits per heavy atom. The van der Waals surface area contributed by atoms with Gasteiger partial charge in [-0.2, -0.15) is 0 Å². The van der Waals surface area contributed by atoms with E-state index in [0.29, 0.717) is 11.0 Å². The van der Waals surface area contributed by atoms with Crippen molar-refractivity contribution in [3.05, 3.63) is 59.2 Å². The van der Waals surface area contributed by atoms with Crippen LogP contribution in [-0.2, 0) is 11.2 Å². The monoisotopic (exact) mass is 381 g/mol. The van der Waals surface area contributed by atoms with E-state index in [1.165, 1.54) is 16.4 Å². The third-order valence-corrected chi connectivity index (χ3v) is 5.33. The molecule has 6 nitrogen and oxygen atoms in total. The van der Waals surface area contributed by atoms with Gasteiger partial charge in [0.1, 0.15) is 0 Å². The number of benzene rings is 2. The molecule has 0 aliphatic heterocycles. The molecule has 1 heterocycles. The van der Waals surface area contributed by atoms with Gasteiger partial charge in [0.15, 0.2) is 5.82 Å². The van der Waals surface area contributed by atoms with Gasteiger partial charge >= 0.3 is 0 Å². The SMILES string of the molecule is CCc1cccc(C)c1NC(=O)CSc1nnc(-c2ccccc2C)n1N. The number of nitrogens with zero attached hydrogens (tertiary/aromatic N) is 3. The molecule has 27 heavy (non-hydrogen) atoms. The summed E-state index contributed by atoms with van der Waals surface area (Å²) in [6.45, 7) is 6.06. The maximum absolute atomic E-state index is 12.4. The van der Waals surface area contributed by atoms with Crippen LogP contribution in [0, 0.1) is 13.8 Å². The second-order valence-electron chi connectivity index (χ2n) is 6.29. The van der Waals surface area contributed by atoms with Crippen molar-refractivity contribution in [1.82, 2.24) is 14.9 Å². The zero-order chi connectivity index (χ0) is 19.4. The highest BCUT2D eigenvalue weighted by Gasteiger charge is 2.16. The van der Waals surface area contributed by atoms with E-state index in [9.17, 15) is 4.79 Å². The van der Waals surface area contributed by atoms with Crippen molar-refractivity contribution >= 4 is 23.4 Å². The lowest BCUT2D eigenvalue weighted by atomic mass is 10.1. The van der Waals surface area contributed by atoms with Crippen LogP contribution < -0.4 is 11.2 Å². The molecular weight excluding hydrogens is 358 g/mol. The summed E-state index contributed by atoms with van der Waals surface area (Å²) in [4.78, 5) is 12.4. The number of anilines is 1. The molecule has 3 N–H and O–H groups in total. The lowest BCUT2D eigenvalue weighted by Crippen LogP contribution is -2.18. The first-order chi connectivity index (χ1) is 13.0. The van der Waals surface area contributed by atoms with Gasteiger partial charge in [0.25, 0.3) is 0 Å². The predicted octanol–water partition coefficient (Wildman–Crippen LogP) is 3.57. The van der Waals surface area contributed by atoms with E-state index in [1.807, 2.05) is 56.3 Å². The fourth-order valence-corrected chi connectivity index (χ4v) is 3.55. The number of nitrogens with one attached hydrogen (secondary N) is 1. The number of nitrogen functional groups attached to an aromatic ring is 1. The predicted molar refractivity (Wildman–Crippen MR) is 110 cm³/mol. The fraction of sp³-hybridized carbons (Fsp3) is 0.250. The minimum atomic E-state index is -0.0931. The number of rotatable bonds is 6. The zero-order valence-electron chi connectivity index (χ0n) is 15.7. The van der Waals surface area contributed by atoms with Gasteiger partial charge in [-0.15, -0.1) is 10.2 Å². The van der Waals surface area contributed by atoms with Gasteiger partial charge in [-0.3, -0.25) is 4.79 Å². The minimum absolute atomic E-state index is 0.0931. The van der Waals surface area contributed by atoms with Crippen molar-refractivity contribution in [2.45, 2.75) is 32.3 Å². The smallest absolute Gasteiger partial charge is 0.234 e. The molecule has 1 amide bonds. The lowest BCUT2D eigenvalue weighted by molar-refractivity contribution is -0.113. The van der Waals surface area contributed by atoms with Crippen molar-refractivity contribution in [2.75, 3.05) is 16.9 Å². The molecule has 0 radical (unpaired) electrons. The fourth-order valence-electron chi connectivity index (χ4n) is 2.89. The Labute approximate surface area is 163 Å². The van der Waals surface area contributed by atoms with E-state index in [2.05, 4.69) is 22.4 Å². The number of nitrogens with two attached hydrogens (primary N) is 1. The van der Waals surface area contributed by atoms with E-state index in [4.69, 9.17) is 5.84 Å². The Morgan fingerprint density at radius 2 is 1.85 bits per heavy atom. The molecule has 0 aliphatic carbocycles. The number of thioether (sulfide) groups is 1. The largest absolute Gasteiger partial charge is 0.335 e. The summed E-state index contributed by atoms with van der Waals surface area (Å²) in [5.41, 5.74) is 5.06. The van der Waals surface area contributed by atoms with E-state index in [-0.39, 0.29) is 11.7 Å². The van der Waals surface area contributed by atoms with Crippen molar-refractivity contribution in [2.24, 2.45) is 0 Å². The molecule has 0 saturated carbocycles. The number of para-hydroxylation sites is 1. The topological polar surface area (TPSA) is 85.8 Å². The molecule has 0 bridgehead atoms. The maximum Gasteiger partial charge on any atom is 0.234 e. The molecule has 0 atom stereocenters. The molecule has 0 aliphatic rings. The molecule has 7 heteroatoms. The first kappa shape index (κ1) is 19.0. The average Bonchev–Trinajstić information content (AvgIpc) is 3.02. The maximum atomic E-state index is 12.4. The van der Waals surface area contributed by atoms with Crippen LogP contribution in [0.5, 0.6) is 0 Å². The molecule has 140 valence electrons. The van der Waals surface area contributed by atoms with Crippen molar-refractivity contribution in [1.29, 1.82) is 0 Å². The van der Waals surface area contributed by atoms with Gasteiger partial charge in [-0.1, -0.05) is 61.2 Å². The van der Waals surface area contributed by atoms with Gasteiger partial charge in [0, 0.05) is 11.3 Å². The Kier molecular flexibility index (Phi) is 5.81. The van der Waals surface area contributed by atoms with Crippen LogP contribution >= 0.6 is 11.8 Å². The highest BCUT2D eigenvalue weighted by molar-refractivity contribution is 7.99. The highest BCUT2D eigenvalue weighted by Crippen LogP contribution is 2.25. The average molecular weight is 382 g/mol. The normalized spacial score (nSPS) is 10.8. The zero-order valence-corrected chi connectivity index (χ0v) is 16.5. The van der Waals surface area contributed by atoms with Crippen LogP contribution in [0.2, 0.25) is 0 Å². The second-order valence-corrected chi connectivity index (χ2v) is 7.23. The Bertz CT molecular complexity index is 967. The van der Waals surface area contributed by atoms with E-state index in [1.54, 1.807) is 0 Å². The van der Waals surface area contributed by atoms with Crippen LogP contribution in [0.1, 0.15) is 23.6 Å². The van der Waals surface area contributed by atoms with Gasteiger partial charge in [0.2, 0.25) is 11.1 Å². The summed E-state index contributed by atoms with van der Waals surface area (Å²) in [6, 6.07) is 13.9. The quantitative estimate of drug-likeness (QED) is 0.504. The number of amides is 1. The molecule has 0 fully saturated rings. The summed E-state index contributed by atoms with van der Waals surface area (Å²) >= 11 is 1.27.